The number of nitrogen functional groups attached to an aromatic ring is 1. The van der Waals surface area contributed by atoms with E-state index in [9.17, 15) is 0 Å². The van der Waals surface area contributed by atoms with Gasteiger partial charge >= 0.3 is 0 Å². The summed E-state index contributed by atoms with van der Waals surface area (Å²) >= 11 is 0. The molecule has 1 unspecified atom stereocenters. The Kier molecular flexibility index (Phi) is 4.31. The van der Waals surface area contributed by atoms with Gasteiger partial charge < -0.3 is 11.1 Å². The maximum absolute atomic E-state index is 5.86. The van der Waals surface area contributed by atoms with Crippen LogP contribution in [0.25, 0.3) is 11.0 Å². The molecule has 2 aromatic rings. The van der Waals surface area contributed by atoms with Gasteiger partial charge in [-0.3, -0.25) is 0 Å². The van der Waals surface area contributed by atoms with Crippen LogP contribution in [-0.4, -0.2) is 32.8 Å². The number of nitrogens with two attached hydrogens (primary N) is 1. The molecule has 19 heavy (non-hydrogen) atoms. The average molecular weight is 262 g/mol. The minimum atomic E-state index is 0.517. The van der Waals surface area contributed by atoms with Gasteiger partial charge in [-0.25, -0.2) is 14.6 Å². The van der Waals surface area contributed by atoms with E-state index in [1.54, 1.807) is 0 Å². The highest BCUT2D eigenvalue weighted by Crippen LogP contribution is 2.22. The maximum atomic E-state index is 5.86. The largest absolute Gasteiger partial charge is 0.383 e. The van der Waals surface area contributed by atoms with Crippen LogP contribution >= 0.6 is 0 Å². The standard InChI is InChI=1S/C11H16N6.C2H6/c1-7-9-10(12)14-6-15-11(9)17(16-7)5-8-2-3-13-4-8;1-2/h6,8,13H,2-5H2,1H3,(H2,12,14,15);1-2H3. The molecule has 3 N–H and O–H groups in total. The maximum Gasteiger partial charge on any atom is 0.163 e. The summed E-state index contributed by atoms with van der Waals surface area (Å²) in [6, 6.07) is 0. The van der Waals surface area contributed by atoms with Crippen molar-refractivity contribution in [2.45, 2.75) is 33.7 Å². The number of nitrogens with zero attached hydrogens (tertiary/aromatic N) is 4. The monoisotopic (exact) mass is 262 g/mol. The highest BCUT2D eigenvalue weighted by atomic mass is 15.3. The van der Waals surface area contributed by atoms with Gasteiger partial charge in [0.05, 0.1) is 11.1 Å². The van der Waals surface area contributed by atoms with Crippen LogP contribution in [0, 0.1) is 12.8 Å². The van der Waals surface area contributed by atoms with E-state index in [0.29, 0.717) is 11.7 Å². The Morgan fingerprint density at radius 1 is 1.42 bits per heavy atom. The molecule has 0 saturated carbocycles. The van der Waals surface area contributed by atoms with Gasteiger partial charge in [-0.15, -0.1) is 0 Å². The zero-order chi connectivity index (χ0) is 13.8. The molecule has 3 rings (SSSR count). The van der Waals surface area contributed by atoms with Crippen molar-refractivity contribution in [3.05, 3.63) is 12.0 Å². The SMILES string of the molecule is CC.Cc1nn(CC2CCNC2)c2ncnc(N)c12. The summed E-state index contributed by atoms with van der Waals surface area (Å²) in [5, 5.41) is 8.77. The first-order chi connectivity index (χ1) is 9.25. The van der Waals surface area contributed by atoms with Crippen LogP contribution in [-0.2, 0) is 6.54 Å². The quantitative estimate of drug-likeness (QED) is 0.854. The Balaban J connectivity index is 0.000000637. The lowest BCUT2D eigenvalue weighted by molar-refractivity contribution is 0.455. The Morgan fingerprint density at radius 2 is 2.21 bits per heavy atom. The van der Waals surface area contributed by atoms with Gasteiger partial charge in [0.2, 0.25) is 0 Å². The van der Waals surface area contributed by atoms with E-state index in [1.165, 1.54) is 12.7 Å². The number of rotatable bonds is 2. The van der Waals surface area contributed by atoms with Gasteiger partial charge in [-0.05, 0) is 32.4 Å². The molecule has 0 amide bonds. The first-order valence-electron chi connectivity index (χ1n) is 6.90. The molecule has 1 aliphatic heterocycles. The molecule has 104 valence electrons. The molecule has 6 nitrogen and oxygen atoms in total. The van der Waals surface area contributed by atoms with Crippen molar-refractivity contribution >= 4 is 16.9 Å². The summed E-state index contributed by atoms with van der Waals surface area (Å²) in [7, 11) is 0. The third-order valence-electron chi connectivity index (χ3n) is 3.33. The number of aryl methyl sites for hydroxylation is 1. The molecule has 1 fully saturated rings. The van der Waals surface area contributed by atoms with E-state index in [-0.39, 0.29) is 0 Å². The van der Waals surface area contributed by atoms with E-state index in [4.69, 9.17) is 5.73 Å². The summed E-state index contributed by atoms with van der Waals surface area (Å²) in [6.07, 6.45) is 2.70. The smallest absolute Gasteiger partial charge is 0.163 e. The van der Waals surface area contributed by atoms with Crippen LogP contribution in [0.4, 0.5) is 5.82 Å². The van der Waals surface area contributed by atoms with Gasteiger partial charge in [0.15, 0.2) is 5.65 Å². The van der Waals surface area contributed by atoms with E-state index in [0.717, 1.165) is 36.4 Å². The highest BCUT2D eigenvalue weighted by molar-refractivity contribution is 5.87. The second-order valence-electron chi connectivity index (χ2n) is 4.58. The molecule has 3 heterocycles. The first kappa shape index (κ1) is 13.7. The van der Waals surface area contributed by atoms with Crippen LogP contribution < -0.4 is 11.1 Å². The van der Waals surface area contributed by atoms with Crippen molar-refractivity contribution in [3.8, 4) is 0 Å². The number of fused-ring (bicyclic) bond motifs is 1. The second kappa shape index (κ2) is 5.97. The third kappa shape index (κ3) is 2.68. The molecule has 2 aromatic heterocycles. The fourth-order valence-electron chi connectivity index (χ4n) is 2.45. The van der Waals surface area contributed by atoms with Crippen LogP contribution in [0.1, 0.15) is 26.0 Å². The number of nitrogens with one attached hydrogen (secondary N) is 1. The predicted molar refractivity (Wildman–Crippen MR) is 76.8 cm³/mol. The van der Waals surface area contributed by atoms with Gasteiger partial charge in [0.1, 0.15) is 12.1 Å². The molecular weight excluding hydrogens is 240 g/mol. The number of hydrogen-bond acceptors (Lipinski definition) is 5. The van der Waals surface area contributed by atoms with Gasteiger partial charge in [0, 0.05) is 6.54 Å². The first-order valence-corrected chi connectivity index (χ1v) is 6.90. The molecule has 1 aliphatic rings. The lowest BCUT2D eigenvalue weighted by atomic mass is 10.1. The average Bonchev–Trinajstić information content (AvgIpc) is 3.02. The molecule has 0 radical (unpaired) electrons. The van der Waals surface area contributed by atoms with Crippen molar-refractivity contribution in [1.82, 2.24) is 25.1 Å². The molecule has 0 aromatic carbocycles. The Bertz CT molecular complexity index is 541. The van der Waals surface area contributed by atoms with Crippen LogP contribution in [0.2, 0.25) is 0 Å². The molecule has 1 saturated heterocycles. The summed E-state index contributed by atoms with van der Waals surface area (Å²) in [5.74, 6) is 1.15. The summed E-state index contributed by atoms with van der Waals surface area (Å²) in [6.45, 7) is 9.00. The van der Waals surface area contributed by atoms with E-state index in [2.05, 4.69) is 20.4 Å². The van der Waals surface area contributed by atoms with E-state index < -0.39 is 0 Å². The van der Waals surface area contributed by atoms with E-state index in [1.807, 2.05) is 25.5 Å². The summed E-state index contributed by atoms with van der Waals surface area (Å²) in [5.41, 5.74) is 7.62. The Morgan fingerprint density at radius 3 is 2.89 bits per heavy atom. The topological polar surface area (TPSA) is 81.7 Å². The Hall–Kier alpha value is -1.69. The second-order valence-corrected chi connectivity index (χ2v) is 4.58. The lowest BCUT2D eigenvalue weighted by Crippen LogP contribution is -2.15. The Labute approximate surface area is 113 Å². The zero-order valence-corrected chi connectivity index (χ0v) is 11.8. The van der Waals surface area contributed by atoms with Gasteiger partial charge in [0.25, 0.3) is 0 Å². The summed E-state index contributed by atoms with van der Waals surface area (Å²) < 4.78 is 1.96. The zero-order valence-electron chi connectivity index (χ0n) is 11.8. The fraction of sp³-hybridized carbons (Fsp3) is 0.615. The van der Waals surface area contributed by atoms with Crippen molar-refractivity contribution < 1.29 is 0 Å². The normalized spacial score (nSPS) is 18.4. The van der Waals surface area contributed by atoms with E-state index >= 15 is 0 Å². The van der Waals surface area contributed by atoms with Crippen molar-refractivity contribution in [3.63, 3.8) is 0 Å². The molecular formula is C13H22N6. The third-order valence-corrected chi connectivity index (χ3v) is 3.33. The molecule has 0 bridgehead atoms. The van der Waals surface area contributed by atoms with Crippen LogP contribution in [0.15, 0.2) is 6.33 Å². The number of aromatic nitrogens is 4. The van der Waals surface area contributed by atoms with Crippen LogP contribution in [0.5, 0.6) is 0 Å². The minimum Gasteiger partial charge on any atom is -0.383 e. The van der Waals surface area contributed by atoms with Crippen molar-refractivity contribution in [2.75, 3.05) is 18.8 Å². The molecule has 1 atom stereocenters. The highest BCUT2D eigenvalue weighted by Gasteiger charge is 2.18. The lowest BCUT2D eigenvalue weighted by Gasteiger charge is -2.08. The van der Waals surface area contributed by atoms with Crippen LogP contribution in [0.3, 0.4) is 0 Å². The molecule has 6 heteroatoms. The van der Waals surface area contributed by atoms with Crippen molar-refractivity contribution in [1.29, 1.82) is 0 Å². The van der Waals surface area contributed by atoms with Gasteiger partial charge in [-0.1, -0.05) is 13.8 Å². The fourth-order valence-corrected chi connectivity index (χ4v) is 2.45. The number of anilines is 1. The summed E-state index contributed by atoms with van der Waals surface area (Å²) in [4.78, 5) is 8.31. The minimum absolute atomic E-state index is 0.517. The number of hydrogen-bond donors (Lipinski definition) is 2. The molecule has 0 spiro atoms. The van der Waals surface area contributed by atoms with Gasteiger partial charge in [-0.2, -0.15) is 5.10 Å². The van der Waals surface area contributed by atoms with Crippen molar-refractivity contribution in [2.24, 2.45) is 5.92 Å². The molecule has 0 aliphatic carbocycles. The predicted octanol–water partition coefficient (Wildman–Crippen LogP) is 1.35.